The third-order valence-electron chi connectivity index (χ3n) is 5.03. The van der Waals surface area contributed by atoms with Crippen LogP contribution in [0.1, 0.15) is 34.9 Å². The maximum Gasteiger partial charge on any atom is 0.262 e. The van der Waals surface area contributed by atoms with Gasteiger partial charge in [-0.2, -0.15) is 0 Å². The fraction of sp³-hybridized carbons (Fsp3) is 0.350. The summed E-state index contributed by atoms with van der Waals surface area (Å²) in [4.78, 5) is 32.7. The Bertz CT molecular complexity index is 1070. The SMILES string of the molecule is Cc1sc2ncn(CCC(=O)N[C@H]3CCSc4ccccc43)c(=O)c2c1C. The van der Waals surface area contributed by atoms with E-state index in [0.29, 0.717) is 11.9 Å². The fourth-order valence-electron chi connectivity index (χ4n) is 3.41. The van der Waals surface area contributed by atoms with Crippen molar-refractivity contribution in [1.29, 1.82) is 0 Å². The number of amides is 1. The first-order valence-electron chi connectivity index (χ1n) is 9.01. The van der Waals surface area contributed by atoms with Crippen molar-refractivity contribution in [3.8, 4) is 0 Å². The van der Waals surface area contributed by atoms with Crippen LogP contribution in [0.25, 0.3) is 10.2 Å². The molecule has 0 fully saturated rings. The van der Waals surface area contributed by atoms with E-state index in [1.807, 2.05) is 37.7 Å². The van der Waals surface area contributed by atoms with Crippen molar-refractivity contribution in [1.82, 2.24) is 14.9 Å². The minimum absolute atomic E-state index is 0.0353. The smallest absolute Gasteiger partial charge is 0.262 e. The van der Waals surface area contributed by atoms with Gasteiger partial charge in [-0.25, -0.2) is 4.98 Å². The lowest BCUT2D eigenvalue weighted by molar-refractivity contribution is -0.122. The van der Waals surface area contributed by atoms with Gasteiger partial charge < -0.3 is 5.32 Å². The van der Waals surface area contributed by atoms with Crippen LogP contribution in [0.3, 0.4) is 0 Å². The molecule has 3 aromatic rings. The average molecular weight is 400 g/mol. The number of carbonyl (C=O) groups excluding carboxylic acids is 1. The molecule has 140 valence electrons. The zero-order valence-electron chi connectivity index (χ0n) is 15.3. The van der Waals surface area contributed by atoms with E-state index in [2.05, 4.69) is 22.4 Å². The number of benzene rings is 1. The van der Waals surface area contributed by atoms with Crippen LogP contribution in [-0.2, 0) is 11.3 Å². The molecule has 0 saturated heterocycles. The fourth-order valence-corrected chi connectivity index (χ4v) is 5.52. The maximum atomic E-state index is 12.7. The van der Waals surface area contributed by atoms with E-state index in [9.17, 15) is 9.59 Å². The van der Waals surface area contributed by atoms with Crippen molar-refractivity contribution in [3.05, 3.63) is 57.0 Å². The van der Waals surface area contributed by atoms with E-state index in [1.165, 1.54) is 21.8 Å². The van der Waals surface area contributed by atoms with E-state index in [1.54, 1.807) is 10.9 Å². The van der Waals surface area contributed by atoms with Crippen molar-refractivity contribution in [2.45, 2.75) is 44.2 Å². The second kappa shape index (κ2) is 7.48. The van der Waals surface area contributed by atoms with E-state index in [-0.39, 0.29) is 23.9 Å². The standard InChI is InChI=1S/C20H21N3O2S2/c1-12-13(2)27-19-18(12)20(25)23(11-21-19)9-7-17(24)22-15-8-10-26-16-6-4-3-5-14(15)16/h3-6,11,15H,7-10H2,1-2H3,(H,22,24)/t15-/m0/s1. The maximum absolute atomic E-state index is 12.7. The zero-order chi connectivity index (χ0) is 19.0. The van der Waals surface area contributed by atoms with Crippen molar-refractivity contribution in [2.24, 2.45) is 0 Å². The van der Waals surface area contributed by atoms with Gasteiger partial charge in [-0.15, -0.1) is 23.1 Å². The number of hydrogen-bond acceptors (Lipinski definition) is 5. The second-order valence-electron chi connectivity index (χ2n) is 6.75. The van der Waals surface area contributed by atoms with E-state index in [0.717, 1.165) is 27.4 Å². The first-order valence-corrected chi connectivity index (χ1v) is 10.8. The summed E-state index contributed by atoms with van der Waals surface area (Å²) in [6.07, 6.45) is 2.75. The molecule has 1 atom stereocenters. The number of carbonyl (C=O) groups is 1. The highest BCUT2D eigenvalue weighted by atomic mass is 32.2. The molecule has 4 rings (SSSR count). The Kier molecular flexibility index (Phi) is 5.06. The molecule has 3 heterocycles. The van der Waals surface area contributed by atoms with Crippen LogP contribution in [0.4, 0.5) is 0 Å². The highest BCUT2D eigenvalue weighted by molar-refractivity contribution is 7.99. The zero-order valence-corrected chi connectivity index (χ0v) is 17.0. The predicted octanol–water partition coefficient (Wildman–Crippen LogP) is 3.82. The lowest BCUT2D eigenvalue weighted by Crippen LogP contribution is -2.32. The molecular weight excluding hydrogens is 378 g/mol. The molecule has 7 heteroatoms. The quantitative estimate of drug-likeness (QED) is 0.724. The molecule has 1 aromatic carbocycles. The van der Waals surface area contributed by atoms with Gasteiger partial charge >= 0.3 is 0 Å². The van der Waals surface area contributed by atoms with E-state index < -0.39 is 0 Å². The van der Waals surface area contributed by atoms with Gasteiger partial charge in [0.1, 0.15) is 4.83 Å². The van der Waals surface area contributed by atoms with Crippen LogP contribution >= 0.6 is 23.1 Å². The molecule has 0 saturated carbocycles. The molecule has 0 radical (unpaired) electrons. The largest absolute Gasteiger partial charge is 0.349 e. The van der Waals surface area contributed by atoms with Crippen molar-refractivity contribution in [2.75, 3.05) is 5.75 Å². The number of hydrogen-bond donors (Lipinski definition) is 1. The Morgan fingerprint density at radius 3 is 3.00 bits per heavy atom. The van der Waals surface area contributed by atoms with Gasteiger partial charge in [-0.1, -0.05) is 18.2 Å². The lowest BCUT2D eigenvalue weighted by Gasteiger charge is -2.25. The molecule has 27 heavy (non-hydrogen) atoms. The molecule has 0 spiro atoms. The van der Waals surface area contributed by atoms with Gasteiger partial charge in [-0.3, -0.25) is 14.2 Å². The highest BCUT2D eigenvalue weighted by Gasteiger charge is 2.22. The number of nitrogens with zero attached hydrogens (tertiary/aromatic N) is 2. The Balaban J connectivity index is 1.46. The first-order chi connectivity index (χ1) is 13.0. The molecule has 2 aromatic heterocycles. The van der Waals surface area contributed by atoms with Crippen LogP contribution < -0.4 is 10.9 Å². The summed E-state index contributed by atoms with van der Waals surface area (Å²) in [6.45, 7) is 4.29. The number of nitrogens with one attached hydrogen (secondary N) is 1. The third kappa shape index (κ3) is 3.53. The summed E-state index contributed by atoms with van der Waals surface area (Å²) in [7, 11) is 0. The average Bonchev–Trinajstić information content (AvgIpc) is 2.96. The summed E-state index contributed by atoms with van der Waals surface area (Å²) in [5.74, 6) is 0.964. The van der Waals surface area contributed by atoms with E-state index >= 15 is 0 Å². The Labute approximate surface area is 165 Å². The predicted molar refractivity (Wildman–Crippen MR) is 111 cm³/mol. The minimum Gasteiger partial charge on any atom is -0.349 e. The summed E-state index contributed by atoms with van der Waals surface area (Å²) < 4.78 is 1.55. The van der Waals surface area contributed by atoms with Crippen molar-refractivity contribution >= 4 is 39.2 Å². The van der Waals surface area contributed by atoms with Gasteiger partial charge in [-0.05, 0) is 37.5 Å². The lowest BCUT2D eigenvalue weighted by atomic mass is 10.0. The third-order valence-corrected chi connectivity index (χ3v) is 7.27. The van der Waals surface area contributed by atoms with Crippen molar-refractivity contribution < 1.29 is 4.79 Å². The van der Waals surface area contributed by atoms with Crippen LogP contribution in [0.2, 0.25) is 0 Å². The van der Waals surface area contributed by atoms with Gasteiger partial charge in [0.15, 0.2) is 0 Å². The normalized spacial score (nSPS) is 16.3. The number of aromatic nitrogens is 2. The summed E-state index contributed by atoms with van der Waals surface area (Å²) >= 11 is 3.37. The Hall–Kier alpha value is -2.12. The summed E-state index contributed by atoms with van der Waals surface area (Å²) in [5, 5.41) is 3.81. The topological polar surface area (TPSA) is 64.0 Å². The molecule has 5 nitrogen and oxygen atoms in total. The summed E-state index contributed by atoms with van der Waals surface area (Å²) in [6, 6.07) is 8.27. The van der Waals surface area contributed by atoms with Gasteiger partial charge in [0, 0.05) is 28.5 Å². The first kappa shape index (κ1) is 18.3. The number of thioether (sulfide) groups is 1. The number of aryl methyl sites for hydroxylation is 3. The van der Waals surface area contributed by atoms with Gasteiger partial charge in [0.2, 0.25) is 5.91 Å². The second-order valence-corrected chi connectivity index (χ2v) is 9.09. The van der Waals surface area contributed by atoms with Crippen LogP contribution in [-0.4, -0.2) is 21.2 Å². The van der Waals surface area contributed by atoms with Crippen LogP contribution in [0.5, 0.6) is 0 Å². The highest BCUT2D eigenvalue weighted by Crippen LogP contribution is 2.35. The van der Waals surface area contributed by atoms with E-state index in [4.69, 9.17) is 0 Å². The molecule has 0 aliphatic carbocycles. The van der Waals surface area contributed by atoms with Gasteiger partial charge in [0.25, 0.3) is 5.56 Å². The molecule has 1 amide bonds. The Morgan fingerprint density at radius 2 is 2.15 bits per heavy atom. The molecule has 1 N–H and O–H groups in total. The van der Waals surface area contributed by atoms with Gasteiger partial charge in [0.05, 0.1) is 17.8 Å². The van der Waals surface area contributed by atoms with Crippen LogP contribution in [0.15, 0.2) is 40.3 Å². The number of rotatable bonds is 4. The minimum atomic E-state index is -0.0611. The van der Waals surface area contributed by atoms with Crippen molar-refractivity contribution in [3.63, 3.8) is 0 Å². The Morgan fingerprint density at radius 1 is 1.33 bits per heavy atom. The molecule has 0 unspecified atom stereocenters. The van der Waals surface area contributed by atoms with Crippen LogP contribution in [0, 0.1) is 13.8 Å². The molecule has 1 aliphatic heterocycles. The molecular formula is C20H21N3O2S2. The monoisotopic (exact) mass is 399 g/mol. The summed E-state index contributed by atoms with van der Waals surface area (Å²) in [5.41, 5.74) is 2.11. The number of thiophene rings is 1. The number of fused-ring (bicyclic) bond motifs is 2. The molecule has 1 aliphatic rings. The molecule has 0 bridgehead atoms.